The van der Waals surface area contributed by atoms with Crippen molar-refractivity contribution in [2.45, 2.75) is 38.4 Å². The number of hydrogen-bond acceptors (Lipinski definition) is 4. The van der Waals surface area contributed by atoms with Crippen LogP contribution in [-0.2, 0) is 4.79 Å². The largest absolute Gasteiger partial charge is 0.481 e. The zero-order chi connectivity index (χ0) is 11.0. The van der Waals surface area contributed by atoms with Crippen molar-refractivity contribution < 1.29 is 20.1 Å². The zero-order valence-corrected chi connectivity index (χ0v) is 8.44. The molecule has 0 saturated heterocycles. The molecular weight excluding hydrogens is 186 g/mol. The molecule has 0 spiro atoms. The van der Waals surface area contributed by atoms with Gasteiger partial charge in [-0.2, -0.15) is 0 Å². The van der Waals surface area contributed by atoms with Gasteiger partial charge in [-0.25, -0.2) is 0 Å². The second-order valence-corrected chi connectivity index (χ2v) is 3.31. The molecular formula is C9H19NO4. The van der Waals surface area contributed by atoms with E-state index in [1.165, 1.54) is 0 Å². The lowest BCUT2D eigenvalue weighted by molar-refractivity contribution is -0.139. The van der Waals surface area contributed by atoms with E-state index in [1.807, 2.05) is 6.92 Å². The van der Waals surface area contributed by atoms with E-state index in [4.69, 9.17) is 10.2 Å². The highest BCUT2D eigenvalue weighted by atomic mass is 16.4. The summed E-state index contributed by atoms with van der Waals surface area (Å²) in [5.74, 6) is -1.01. The summed E-state index contributed by atoms with van der Waals surface area (Å²) in [7, 11) is 0. The summed E-state index contributed by atoms with van der Waals surface area (Å²) in [4.78, 5) is 10.2. The van der Waals surface area contributed by atoms with Crippen molar-refractivity contribution in [2.24, 2.45) is 0 Å². The van der Waals surface area contributed by atoms with Crippen molar-refractivity contribution in [3.05, 3.63) is 0 Å². The summed E-state index contributed by atoms with van der Waals surface area (Å²) in [5, 5.41) is 29.5. The third-order valence-corrected chi connectivity index (χ3v) is 1.92. The summed E-state index contributed by atoms with van der Waals surface area (Å²) in [6.45, 7) is 2.73. The molecule has 0 saturated carbocycles. The van der Waals surface area contributed by atoms with E-state index < -0.39 is 12.1 Å². The second-order valence-electron chi connectivity index (χ2n) is 3.31. The molecule has 2 unspecified atom stereocenters. The van der Waals surface area contributed by atoms with Crippen LogP contribution in [0.1, 0.15) is 26.2 Å². The van der Waals surface area contributed by atoms with Crippen LogP contribution >= 0.6 is 0 Å². The smallest absolute Gasteiger partial charge is 0.306 e. The number of aliphatic hydroxyl groups is 2. The highest BCUT2D eigenvalue weighted by Gasteiger charge is 2.08. The predicted molar refractivity (Wildman–Crippen MR) is 52.0 cm³/mol. The molecule has 0 bridgehead atoms. The summed E-state index contributed by atoms with van der Waals surface area (Å²) in [6, 6.07) is 0. The first-order valence-corrected chi connectivity index (χ1v) is 4.84. The molecule has 84 valence electrons. The first kappa shape index (κ1) is 13.4. The number of aliphatic carboxylic acids is 1. The summed E-state index contributed by atoms with van der Waals surface area (Å²) < 4.78 is 0. The molecule has 4 N–H and O–H groups in total. The molecule has 0 fully saturated rings. The molecule has 14 heavy (non-hydrogen) atoms. The fraction of sp³-hybridized carbons (Fsp3) is 0.889. The number of nitrogens with one attached hydrogen (secondary N) is 1. The lowest BCUT2D eigenvalue weighted by atomic mass is 10.2. The van der Waals surface area contributed by atoms with Gasteiger partial charge in [0.25, 0.3) is 0 Å². The minimum atomic E-state index is -1.01. The molecule has 2 atom stereocenters. The van der Waals surface area contributed by atoms with Gasteiger partial charge < -0.3 is 20.6 Å². The Morgan fingerprint density at radius 2 is 2.00 bits per heavy atom. The van der Waals surface area contributed by atoms with Gasteiger partial charge in [-0.05, 0) is 19.4 Å². The van der Waals surface area contributed by atoms with E-state index in [9.17, 15) is 9.90 Å². The van der Waals surface area contributed by atoms with Gasteiger partial charge in [0.05, 0.1) is 18.6 Å². The lowest BCUT2D eigenvalue weighted by Gasteiger charge is -2.11. The topological polar surface area (TPSA) is 89.8 Å². The van der Waals surface area contributed by atoms with Gasteiger partial charge >= 0.3 is 5.97 Å². The highest BCUT2D eigenvalue weighted by molar-refractivity contribution is 5.67. The third-order valence-electron chi connectivity index (χ3n) is 1.92. The molecule has 5 heteroatoms. The van der Waals surface area contributed by atoms with Crippen LogP contribution in [0.15, 0.2) is 0 Å². The van der Waals surface area contributed by atoms with Crippen LogP contribution in [0.4, 0.5) is 0 Å². The predicted octanol–water partition coefficient (Wildman–Crippen LogP) is -0.427. The molecule has 0 rings (SSSR count). The van der Waals surface area contributed by atoms with Crippen molar-refractivity contribution in [3.8, 4) is 0 Å². The summed E-state index contributed by atoms with van der Waals surface area (Å²) in [5.41, 5.74) is 0. The lowest BCUT2D eigenvalue weighted by Crippen LogP contribution is -2.30. The first-order chi connectivity index (χ1) is 6.56. The van der Waals surface area contributed by atoms with Crippen LogP contribution in [0.2, 0.25) is 0 Å². The Hall–Kier alpha value is -0.650. The van der Waals surface area contributed by atoms with Crippen LogP contribution in [0, 0.1) is 0 Å². The Bertz CT molecular complexity index is 163. The summed E-state index contributed by atoms with van der Waals surface area (Å²) >= 11 is 0. The van der Waals surface area contributed by atoms with Crippen molar-refractivity contribution in [1.29, 1.82) is 0 Å². The molecule has 0 heterocycles. The number of aliphatic hydroxyl groups excluding tert-OH is 2. The SMILES string of the molecule is CCC(O)CCNCC(O)CC(=O)O. The van der Waals surface area contributed by atoms with Gasteiger partial charge in [0, 0.05) is 6.54 Å². The second kappa shape index (κ2) is 7.73. The minimum Gasteiger partial charge on any atom is -0.481 e. The van der Waals surface area contributed by atoms with Gasteiger partial charge in [-0.1, -0.05) is 6.92 Å². The van der Waals surface area contributed by atoms with E-state index in [0.717, 1.165) is 0 Å². The van der Waals surface area contributed by atoms with Gasteiger partial charge in [0.15, 0.2) is 0 Å². The normalized spacial score (nSPS) is 15.1. The van der Waals surface area contributed by atoms with Crippen molar-refractivity contribution in [2.75, 3.05) is 13.1 Å². The maximum Gasteiger partial charge on any atom is 0.306 e. The maximum atomic E-state index is 10.2. The van der Waals surface area contributed by atoms with E-state index in [-0.39, 0.29) is 19.1 Å². The number of hydrogen-bond donors (Lipinski definition) is 4. The number of carbonyl (C=O) groups is 1. The quantitative estimate of drug-likeness (QED) is 0.404. The highest BCUT2D eigenvalue weighted by Crippen LogP contribution is 1.95. The Labute approximate surface area is 83.8 Å². The first-order valence-electron chi connectivity index (χ1n) is 4.84. The molecule has 0 aliphatic carbocycles. The number of rotatable bonds is 8. The van der Waals surface area contributed by atoms with Crippen LogP contribution in [-0.4, -0.2) is 46.6 Å². The Kier molecular flexibility index (Phi) is 7.37. The fourth-order valence-electron chi connectivity index (χ4n) is 1.02. The van der Waals surface area contributed by atoms with E-state index >= 15 is 0 Å². The van der Waals surface area contributed by atoms with Gasteiger partial charge in [-0.15, -0.1) is 0 Å². The molecule has 0 aromatic rings. The third kappa shape index (κ3) is 7.97. The van der Waals surface area contributed by atoms with Crippen LogP contribution in [0.3, 0.4) is 0 Å². The van der Waals surface area contributed by atoms with Crippen molar-refractivity contribution in [3.63, 3.8) is 0 Å². The Morgan fingerprint density at radius 1 is 1.36 bits per heavy atom. The Balaban J connectivity index is 3.31. The summed E-state index contributed by atoms with van der Waals surface area (Å²) in [6.07, 6.45) is -0.0932. The zero-order valence-electron chi connectivity index (χ0n) is 8.44. The monoisotopic (exact) mass is 205 g/mol. The molecule has 0 aliphatic heterocycles. The average molecular weight is 205 g/mol. The van der Waals surface area contributed by atoms with Gasteiger partial charge in [-0.3, -0.25) is 4.79 Å². The van der Waals surface area contributed by atoms with E-state index in [0.29, 0.717) is 19.4 Å². The van der Waals surface area contributed by atoms with Crippen LogP contribution in [0.25, 0.3) is 0 Å². The van der Waals surface area contributed by atoms with Gasteiger partial charge in [0.2, 0.25) is 0 Å². The van der Waals surface area contributed by atoms with Crippen molar-refractivity contribution in [1.82, 2.24) is 5.32 Å². The number of carboxylic acids is 1. The molecule has 0 amide bonds. The Morgan fingerprint density at radius 3 is 2.50 bits per heavy atom. The maximum absolute atomic E-state index is 10.2. The minimum absolute atomic E-state index is 0.247. The molecule has 0 radical (unpaired) electrons. The van der Waals surface area contributed by atoms with Crippen molar-refractivity contribution >= 4 is 5.97 Å². The van der Waals surface area contributed by atoms with Gasteiger partial charge in [0.1, 0.15) is 0 Å². The molecule has 0 aromatic heterocycles. The fourth-order valence-corrected chi connectivity index (χ4v) is 1.02. The standard InChI is InChI=1S/C9H19NO4/c1-2-7(11)3-4-10-6-8(12)5-9(13)14/h7-8,10-12H,2-6H2,1H3,(H,13,14). The molecule has 0 aliphatic rings. The number of carboxylic acid groups (broad SMARTS) is 1. The molecule has 5 nitrogen and oxygen atoms in total. The molecule has 0 aromatic carbocycles. The van der Waals surface area contributed by atoms with E-state index in [2.05, 4.69) is 5.32 Å². The van der Waals surface area contributed by atoms with Crippen LogP contribution < -0.4 is 5.32 Å². The average Bonchev–Trinajstić information content (AvgIpc) is 2.10. The van der Waals surface area contributed by atoms with Crippen LogP contribution in [0.5, 0.6) is 0 Å². The van der Waals surface area contributed by atoms with E-state index in [1.54, 1.807) is 0 Å².